The van der Waals surface area contributed by atoms with Gasteiger partial charge in [-0.2, -0.15) is 4.89 Å². The summed E-state index contributed by atoms with van der Waals surface area (Å²) in [6.45, 7) is 8.36. The van der Waals surface area contributed by atoms with Gasteiger partial charge in [0.1, 0.15) is 0 Å². The van der Waals surface area contributed by atoms with Crippen molar-refractivity contribution in [2.24, 2.45) is 0 Å². The van der Waals surface area contributed by atoms with Crippen LogP contribution in [0.25, 0.3) is 0 Å². The van der Waals surface area contributed by atoms with Crippen molar-refractivity contribution in [3.8, 4) is 0 Å². The van der Waals surface area contributed by atoms with Crippen molar-refractivity contribution in [2.45, 2.75) is 52.0 Å². The van der Waals surface area contributed by atoms with E-state index in [2.05, 4.69) is 0 Å². The van der Waals surface area contributed by atoms with Crippen molar-refractivity contribution in [2.75, 3.05) is 13.2 Å². The Labute approximate surface area is 92.8 Å². The van der Waals surface area contributed by atoms with E-state index in [1.807, 2.05) is 20.8 Å². The largest absolute Gasteiger partial charge is 0.514 e. The molecule has 0 heterocycles. The van der Waals surface area contributed by atoms with E-state index in [0.717, 1.165) is 6.42 Å². The molecule has 15 heavy (non-hydrogen) atoms. The molecule has 0 saturated heterocycles. The van der Waals surface area contributed by atoms with Crippen molar-refractivity contribution in [1.82, 2.24) is 0 Å². The molecule has 0 aliphatic carbocycles. The lowest BCUT2D eigenvalue weighted by atomic mass is 10.1. The summed E-state index contributed by atoms with van der Waals surface area (Å²) in [5.41, 5.74) is -0.461. The SMILES string of the molecule is CCCC([P+](=O)O)C(C)(OCC)OCC. The third-order valence-corrected chi connectivity index (χ3v) is 3.56. The average molecular weight is 237 g/mol. The quantitative estimate of drug-likeness (QED) is 0.521. The molecule has 0 aromatic heterocycles. The summed E-state index contributed by atoms with van der Waals surface area (Å²) < 4.78 is 22.2. The Bertz CT molecular complexity index is 190. The molecule has 0 radical (unpaired) electrons. The maximum Gasteiger partial charge on any atom is 0.514 e. The molecule has 4 nitrogen and oxygen atoms in total. The topological polar surface area (TPSA) is 55.8 Å². The molecule has 1 N–H and O–H groups in total. The Morgan fingerprint density at radius 1 is 1.27 bits per heavy atom. The molecule has 0 fully saturated rings. The van der Waals surface area contributed by atoms with Crippen LogP contribution >= 0.6 is 8.03 Å². The second-order valence-corrected chi connectivity index (χ2v) is 4.72. The molecule has 0 aliphatic heterocycles. The normalized spacial score (nSPS) is 15.1. The maximum atomic E-state index is 11.3. The number of ether oxygens (including phenoxy) is 2. The molecular formula is C10H22O4P+. The molecule has 0 rings (SSSR count). The average Bonchev–Trinajstić information content (AvgIpc) is 2.14. The summed E-state index contributed by atoms with van der Waals surface area (Å²) in [6.07, 6.45) is 1.46. The lowest BCUT2D eigenvalue weighted by molar-refractivity contribution is -0.222. The summed E-state index contributed by atoms with van der Waals surface area (Å²) in [4.78, 5) is 9.28. The Morgan fingerprint density at radius 3 is 2.00 bits per heavy atom. The van der Waals surface area contributed by atoms with Gasteiger partial charge in [0.15, 0.2) is 0 Å². The fourth-order valence-corrected chi connectivity index (χ4v) is 2.68. The monoisotopic (exact) mass is 237 g/mol. The molecule has 0 saturated carbocycles. The highest BCUT2D eigenvalue weighted by Gasteiger charge is 2.48. The molecule has 90 valence electrons. The molecule has 0 aromatic carbocycles. The van der Waals surface area contributed by atoms with Gasteiger partial charge in [0.05, 0.1) is 0 Å². The van der Waals surface area contributed by atoms with Crippen LogP contribution in [0, 0.1) is 0 Å². The third-order valence-electron chi connectivity index (χ3n) is 2.30. The summed E-state index contributed by atoms with van der Waals surface area (Å²) >= 11 is 0. The van der Waals surface area contributed by atoms with Crippen LogP contribution in [0.1, 0.15) is 40.5 Å². The predicted molar refractivity (Wildman–Crippen MR) is 60.2 cm³/mol. The van der Waals surface area contributed by atoms with Crippen LogP contribution in [-0.4, -0.2) is 29.6 Å². The Kier molecular flexibility index (Phi) is 7.28. The highest BCUT2D eigenvalue weighted by Crippen LogP contribution is 2.38. The summed E-state index contributed by atoms with van der Waals surface area (Å²) in [6, 6.07) is 0. The van der Waals surface area contributed by atoms with Gasteiger partial charge >= 0.3 is 8.03 Å². The van der Waals surface area contributed by atoms with Crippen molar-refractivity contribution in [3.63, 3.8) is 0 Å². The first kappa shape index (κ1) is 15.0. The van der Waals surface area contributed by atoms with E-state index in [-0.39, 0.29) is 0 Å². The van der Waals surface area contributed by atoms with Crippen molar-refractivity contribution in [1.29, 1.82) is 0 Å². The van der Waals surface area contributed by atoms with Crippen molar-refractivity contribution < 1.29 is 18.9 Å². The first-order valence-electron chi connectivity index (χ1n) is 5.44. The van der Waals surface area contributed by atoms with Crippen LogP contribution < -0.4 is 0 Å². The Hall–Kier alpha value is -0.0200. The zero-order chi connectivity index (χ0) is 11.9. The fourth-order valence-electron chi connectivity index (χ4n) is 1.65. The smallest absolute Gasteiger partial charge is 0.346 e. The minimum Gasteiger partial charge on any atom is -0.346 e. The lowest BCUT2D eigenvalue weighted by Gasteiger charge is -2.29. The van der Waals surface area contributed by atoms with E-state index in [4.69, 9.17) is 9.47 Å². The van der Waals surface area contributed by atoms with Gasteiger partial charge in [-0.3, -0.25) is 0 Å². The summed E-state index contributed by atoms with van der Waals surface area (Å²) in [5, 5.41) is 0. The highest BCUT2D eigenvalue weighted by atomic mass is 31.1. The summed E-state index contributed by atoms with van der Waals surface area (Å²) in [5.74, 6) is -0.943. The van der Waals surface area contributed by atoms with Gasteiger partial charge in [-0.05, 0) is 25.3 Å². The Morgan fingerprint density at radius 2 is 1.73 bits per heavy atom. The minimum absolute atomic E-state index is 0.461. The molecule has 0 amide bonds. The van der Waals surface area contributed by atoms with Crippen LogP contribution in [0.5, 0.6) is 0 Å². The zero-order valence-electron chi connectivity index (χ0n) is 10.0. The minimum atomic E-state index is -2.28. The zero-order valence-corrected chi connectivity index (χ0v) is 10.9. The van der Waals surface area contributed by atoms with Gasteiger partial charge in [0.25, 0.3) is 0 Å². The van der Waals surface area contributed by atoms with Crippen LogP contribution in [-0.2, 0) is 14.0 Å². The van der Waals surface area contributed by atoms with Gasteiger partial charge in [-0.1, -0.05) is 13.3 Å². The van der Waals surface area contributed by atoms with Crippen LogP contribution in [0.2, 0.25) is 0 Å². The van der Waals surface area contributed by atoms with Crippen molar-refractivity contribution >= 4 is 8.03 Å². The van der Waals surface area contributed by atoms with Gasteiger partial charge in [0, 0.05) is 19.6 Å². The fraction of sp³-hybridized carbons (Fsp3) is 1.00. The van der Waals surface area contributed by atoms with E-state index >= 15 is 0 Å². The van der Waals surface area contributed by atoms with Gasteiger partial charge in [0.2, 0.25) is 11.4 Å². The molecule has 0 bridgehead atoms. The number of hydrogen-bond acceptors (Lipinski definition) is 3. The van der Waals surface area contributed by atoms with Crippen LogP contribution in [0.4, 0.5) is 0 Å². The first-order chi connectivity index (χ1) is 7.01. The van der Waals surface area contributed by atoms with Gasteiger partial charge in [-0.15, -0.1) is 0 Å². The maximum absolute atomic E-state index is 11.3. The molecule has 0 spiro atoms. The molecule has 0 aliphatic rings. The lowest BCUT2D eigenvalue weighted by Crippen LogP contribution is -2.43. The Balaban J connectivity index is 4.72. The van der Waals surface area contributed by atoms with Crippen LogP contribution in [0.3, 0.4) is 0 Å². The first-order valence-corrected chi connectivity index (χ1v) is 6.73. The predicted octanol–water partition coefficient (Wildman–Crippen LogP) is 2.68. The van der Waals surface area contributed by atoms with Gasteiger partial charge in [-0.25, -0.2) is 0 Å². The standard InChI is InChI=1S/C10H21O4P/c1-5-8-9(15(11)12)10(4,13-6-2)14-7-3/h9H,5-8H2,1-4H3/p+1. The molecule has 0 aromatic rings. The molecular weight excluding hydrogens is 215 g/mol. The van der Waals surface area contributed by atoms with E-state index in [0.29, 0.717) is 19.6 Å². The molecule has 2 atom stereocenters. The number of hydrogen-bond donors (Lipinski definition) is 1. The van der Waals surface area contributed by atoms with Gasteiger partial charge < -0.3 is 9.47 Å². The number of rotatable bonds is 8. The molecule has 5 heteroatoms. The van der Waals surface area contributed by atoms with E-state index in [1.165, 1.54) is 0 Å². The van der Waals surface area contributed by atoms with E-state index in [9.17, 15) is 9.46 Å². The second kappa shape index (κ2) is 7.29. The van der Waals surface area contributed by atoms with E-state index in [1.54, 1.807) is 6.92 Å². The van der Waals surface area contributed by atoms with Crippen LogP contribution in [0.15, 0.2) is 0 Å². The van der Waals surface area contributed by atoms with E-state index < -0.39 is 19.5 Å². The summed E-state index contributed by atoms with van der Waals surface area (Å²) in [7, 11) is -2.28. The third kappa shape index (κ3) is 4.56. The van der Waals surface area contributed by atoms with Crippen molar-refractivity contribution in [3.05, 3.63) is 0 Å². The molecule has 2 unspecified atom stereocenters. The second-order valence-electron chi connectivity index (χ2n) is 3.49. The highest BCUT2D eigenvalue weighted by molar-refractivity contribution is 7.39.